The fourth-order valence-electron chi connectivity index (χ4n) is 2.57. The Morgan fingerprint density at radius 1 is 1.48 bits per heavy atom. The summed E-state index contributed by atoms with van der Waals surface area (Å²) in [6.07, 6.45) is 1.46. The molecule has 0 radical (unpaired) electrons. The van der Waals surface area contributed by atoms with E-state index in [2.05, 4.69) is 26.8 Å². The molecular weight excluding hydrogens is 268 g/mol. The van der Waals surface area contributed by atoms with Gasteiger partial charge in [0.15, 0.2) is 5.82 Å². The quantitative estimate of drug-likeness (QED) is 0.876. The van der Waals surface area contributed by atoms with Crippen molar-refractivity contribution < 1.29 is 9.32 Å². The van der Waals surface area contributed by atoms with Crippen molar-refractivity contribution in [2.24, 2.45) is 0 Å². The van der Waals surface area contributed by atoms with Crippen LogP contribution >= 0.6 is 0 Å². The Balaban J connectivity index is 1.63. The minimum absolute atomic E-state index is 0.0334. The van der Waals surface area contributed by atoms with Crippen LogP contribution in [0.5, 0.6) is 0 Å². The van der Waals surface area contributed by atoms with Crippen LogP contribution in [0.25, 0.3) is 0 Å². The van der Waals surface area contributed by atoms with Crippen molar-refractivity contribution in [1.29, 1.82) is 0 Å². The van der Waals surface area contributed by atoms with Gasteiger partial charge in [-0.2, -0.15) is 4.98 Å². The molecule has 0 atom stereocenters. The molecule has 0 spiro atoms. The number of aryl methyl sites for hydroxylation is 1. The van der Waals surface area contributed by atoms with Gasteiger partial charge in [0.2, 0.25) is 5.89 Å². The van der Waals surface area contributed by atoms with E-state index in [4.69, 9.17) is 4.52 Å². The van der Waals surface area contributed by atoms with E-state index in [9.17, 15) is 4.79 Å². The van der Waals surface area contributed by atoms with Gasteiger partial charge < -0.3 is 15.2 Å². The lowest BCUT2D eigenvalue weighted by Crippen LogP contribution is -2.30. The van der Waals surface area contributed by atoms with E-state index in [0.717, 1.165) is 30.6 Å². The molecule has 0 saturated carbocycles. The molecule has 0 aliphatic carbocycles. The standard InChI is InChI=1S/C15H18N4O2/c1-10-18-14(19-21-10)6-8-17-15(20)13-4-2-3-11-9-16-7-5-12(11)13/h2-4,16H,5-9H2,1H3,(H,17,20). The summed E-state index contributed by atoms with van der Waals surface area (Å²) < 4.78 is 4.90. The van der Waals surface area contributed by atoms with Gasteiger partial charge in [-0.1, -0.05) is 17.3 Å². The van der Waals surface area contributed by atoms with Crippen molar-refractivity contribution in [3.05, 3.63) is 46.6 Å². The zero-order valence-electron chi connectivity index (χ0n) is 12.0. The van der Waals surface area contributed by atoms with Gasteiger partial charge in [-0.25, -0.2) is 0 Å². The third-order valence-corrected chi connectivity index (χ3v) is 3.59. The minimum atomic E-state index is -0.0334. The number of hydrogen-bond donors (Lipinski definition) is 2. The van der Waals surface area contributed by atoms with E-state index in [0.29, 0.717) is 24.7 Å². The lowest BCUT2D eigenvalue weighted by Gasteiger charge is -2.19. The van der Waals surface area contributed by atoms with Gasteiger partial charge in [-0.05, 0) is 30.2 Å². The Kier molecular flexibility index (Phi) is 3.96. The third-order valence-electron chi connectivity index (χ3n) is 3.59. The Hall–Kier alpha value is -2.21. The molecular formula is C15H18N4O2. The molecule has 1 aliphatic heterocycles. The number of fused-ring (bicyclic) bond motifs is 1. The molecule has 2 heterocycles. The zero-order chi connectivity index (χ0) is 14.7. The molecule has 21 heavy (non-hydrogen) atoms. The van der Waals surface area contributed by atoms with Crippen LogP contribution in [0.1, 0.15) is 33.2 Å². The second-order valence-electron chi connectivity index (χ2n) is 5.11. The van der Waals surface area contributed by atoms with Gasteiger partial charge in [0.25, 0.3) is 5.91 Å². The molecule has 0 saturated heterocycles. The van der Waals surface area contributed by atoms with Crippen LogP contribution < -0.4 is 10.6 Å². The van der Waals surface area contributed by atoms with E-state index in [1.807, 2.05) is 12.1 Å². The van der Waals surface area contributed by atoms with E-state index < -0.39 is 0 Å². The van der Waals surface area contributed by atoms with Crippen LogP contribution in [0.2, 0.25) is 0 Å². The molecule has 0 unspecified atom stereocenters. The smallest absolute Gasteiger partial charge is 0.251 e. The first-order valence-corrected chi connectivity index (χ1v) is 7.13. The highest BCUT2D eigenvalue weighted by atomic mass is 16.5. The topological polar surface area (TPSA) is 80.0 Å². The summed E-state index contributed by atoms with van der Waals surface area (Å²) in [5.74, 6) is 1.13. The van der Waals surface area contributed by atoms with Gasteiger partial charge in [0.05, 0.1) is 0 Å². The van der Waals surface area contributed by atoms with Crippen LogP contribution in [0.3, 0.4) is 0 Å². The SMILES string of the molecule is Cc1nc(CCNC(=O)c2cccc3c2CCNC3)no1. The monoisotopic (exact) mass is 286 g/mol. The molecule has 1 aliphatic rings. The summed E-state index contributed by atoms with van der Waals surface area (Å²) in [4.78, 5) is 16.4. The summed E-state index contributed by atoms with van der Waals surface area (Å²) in [7, 11) is 0. The van der Waals surface area contributed by atoms with Crippen LogP contribution in [0.4, 0.5) is 0 Å². The molecule has 1 aromatic carbocycles. The number of rotatable bonds is 4. The molecule has 2 N–H and O–H groups in total. The van der Waals surface area contributed by atoms with Crippen LogP contribution in [-0.2, 0) is 19.4 Å². The molecule has 6 nitrogen and oxygen atoms in total. The Morgan fingerprint density at radius 2 is 2.38 bits per heavy atom. The average molecular weight is 286 g/mol. The molecule has 1 amide bonds. The highest BCUT2D eigenvalue weighted by Gasteiger charge is 2.17. The number of nitrogens with zero attached hydrogens (tertiary/aromatic N) is 2. The lowest BCUT2D eigenvalue weighted by molar-refractivity contribution is 0.0952. The highest BCUT2D eigenvalue weighted by Crippen LogP contribution is 2.18. The predicted octanol–water partition coefficient (Wildman–Crippen LogP) is 0.996. The normalized spacial score (nSPS) is 13.8. The second kappa shape index (κ2) is 6.05. The van der Waals surface area contributed by atoms with E-state index in [1.54, 1.807) is 6.92 Å². The number of aromatic nitrogens is 2. The number of hydrogen-bond acceptors (Lipinski definition) is 5. The first-order chi connectivity index (χ1) is 10.2. The van der Waals surface area contributed by atoms with Crippen molar-refractivity contribution >= 4 is 5.91 Å². The van der Waals surface area contributed by atoms with Crippen molar-refractivity contribution in [1.82, 2.24) is 20.8 Å². The van der Waals surface area contributed by atoms with Crippen molar-refractivity contribution in [3.8, 4) is 0 Å². The number of benzene rings is 1. The van der Waals surface area contributed by atoms with Crippen molar-refractivity contribution in [3.63, 3.8) is 0 Å². The van der Waals surface area contributed by atoms with Crippen molar-refractivity contribution in [2.75, 3.05) is 13.1 Å². The van der Waals surface area contributed by atoms with Gasteiger partial charge in [-0.3, -0.25) is 4.79 Å². The summed E-state index contributed by atoms with van der Waals surface area (Å²) in [6.45, 7) is 4.00. The predicted molar refractivity (Wildman–Crippen MR) is 76.9 cm³/mol. The fraction of sp³-hybridized carbons (Fsp3) is 0.400. The largest absolute Gasteiger partial charge is 0.352 e. The van der Waals surface area contributed by atoms with E-state index in [-0.39, 0.29) is 5.91 Å². The number of carbonyl (C=O) groups is 1. The van der Waals surface area contributed by atoms with Gasteiger partial charge in [0.1, 0.15) is 0 Å². The molecule has 1 aromatic heterocycles. The highest BCUT2D eigenvalue weighted by molar-refractivity contribution is 5.96. The Labute approximate surface area is 122 Å². The summed E-state index contributed by atoms with van der Waals surface area (Å²) in [6, 6.07) is 5.89. The molecule has 6 heteroatoms. The summed E-state index contributed by atoms with van der Waals surface area (Å²) in [5.41, 5.74) is 3.14. The van der Waals surface area contributed by atoms with Crippen LogP contribution in [0, 0.1) is 6.92 Å². The maximum Gasteiger partial charge on any atom is 0.251 e. The summed E-state index contributed by atoms with van der Waals surface area (Å²) >= 11 is 0. The molecule has 110 valence electrons. The maximum absolute atomic E-state index is 12.3. The first kappa shape index (κ1) is 13.8. The van der Waals surface area contributed by atoms with Crippen LogP contribution in [0.15, 0.2) is 22.7 Å². The minimum Gasteiger partial charge on any atom is -0.352 e. The maximum atomic E-state index is 12.3. The number of amides is 1. The van der Waals surface area contributed by atoms with Gasteiger partial charge >= 0.3 is 0 Å². The van der Waals surface area contributed by atoms with E-state index >= 15 is 0 Å². The van der Waals surface area contributed by atoms with E-state index in [1.165, 1.54) is 5.56 Å². The Morgan fingerprint density at radius 3 is 3.19 bits per heavy atom. The molecule has 0 bridgehead atoms. The van der Waals surface area contributed by atoms with Crippen molar-refractivity contribution in [2.45, 2.75) is 26.3 Å². The van der Waals surface area contributed by atoms with Gasteiger partial charge in [0, 0.05) is 32.0 Å². The third kappa shape index (κ3) is 3.11. The average Bonchev–Trinajstić information content (AvgIpc) is 2.92. The number of carbonyl (C=O) groups excluding carboxylic acids is 1. The zero-order valence-corrected chi connectivity index (χ0v) is 12.0. The van der Waals surface area contributed by atoms with Gasteiger partial charge in [-0.15, -0.1) is 0 Å². The fourth-order valence-corrected chi connectivity index (χ4v) is 2.57. The molecule has 3 rings (SSSR count). The molecule has 0 fully saturated rings. The first-order valence-electron chi connectivity index (χ1n) is 7.13. The summed E-state index contributed by atoms with van der Waals surface area (Å²) in [5, 5.41) is 10.1. The lowest BCUT2D eigenvalue weighted by atomic mass is 9.95. The molecule has 2 aromatic rings. The second-order valence-corrected chi connectivity index (χ2v) is 5.11. The van der Waals surface area contributed by atoms with Crippen LogP contribution in [-0.4, -0.2) is 29.1 Å². The number of nitrogens with one attached hydrogen (secondary N) is 2. The Bertz CT molecular complexity index is 651.